The van der Waals surface area contributed by atoms with Crippen LogP contribution in [0.2, 0.25) is 0 Å². The maximum atomic E-state index is 12.7. The summed E-state index contributed by atoms with van der Waals surface area (Å²) in [5, 5.41) is 0.687. The molecular formula is C19H18F3N3O2S. The summed E-state index contributed by atoms with van der Waals surface area (Å²) in [5.74, 6) is 0.387. The van der Waals surface area contributed by atoms with Crippen molar-refractivity contribution in [3.8, 4) is 10.8 Å². The van der Waals surface area contributed by atoms with Gasteiger partial charge in [0.1, 0.15) is 0 Å². The van der Waals surface area contributed by atoms with Gasteiger partial charge in [0.25, 0.3) is 5.91 Å². The molecular weight excluding hydrogens is 391 g/mol. The first kappa shape index (κ1) is 18.9. The van der Waals surface area contributed by atoms with Gasteiger partial charge in [0.2, 0.25) is 0 Å². The van der Waals surface area contributed by atoms with Crippen LogP contribution in [0, 0.1) is 0 Å². The third-order valence-electron chi connectivity index (χ3n) is 4.60. The molecule has 5 nitrogen and oxygen atoms in total. The van der Waals surface area contributed by atoms with Crippen LogP contribution in [0.25, 0.3) is 21.0 Å². The Morgan fingerprint density at radius 1 is 1.11 bits per heavy atom. The van der Waals surface area contributed by atoms with E-state index in [9.17, 15) is 18.0 Å². The van der Waals surface area contributed by atoms with Crippen LogP contribution in [0.4, 0.5) is 13.2 Å². The van der Waals surface area contributed by atoms with Crippen molar-refractivity contribution in [2.24, 2.45) is 0 Å². The van der Waals surface area contributed by atoms with Crippen molar-refractivity contribution in [3.05, 3.63) is 42.2 Å². The van der Waals surface area contributed by atoms with Crippen molar-refractivity contribution >= 4 is 27.5 Å². The van der Waals surface area contributed by atoms with Gasteiger partial charge >= 0.3 is 6.18 Å². The molecule has 1 aromatic carbocycles. The number of fused-ring (bicyclic) bond motifs is 1. The van der Waals surface area contributed by atoms with Crippen LogP contribution in [0.3, 0.4) is 0 Å². The second kappa shape index (κ2) is 7.56. The average molecular weight is 409 g/mol. The summed E-state index contributed by atoms with van der Waals surface area (Å²) < 4.78 is 44.5. The Labute approximate surface area is 163 Å². The molecule has 1 saturated heterocycles. The largest absolute Gasteiger partial charge is 0.448 e. The number of rotatable bonds is 3. The van der Waals surface area contributed by atoms with Crippen LogP contribution in [-0.4, -0.2) is 59.6 Å². The third kappa shape index (κ3) is 4.20. The van der Waals surface area contributed by atoms with Gasteiger partial charge in [0.05, 0.1) is 16.8 Å². The molecule has 1 aliphatic rings. The minimum absolute atomic E-state index is 0.179. The van der Waals surface area contributed by atoms with Crippen LogP contribution < -0.4 is 0 Å². The number of halogens is 3. The molecule has 3 heterocycles. The zero-order chi connectivity index (χ0) is 19.7. The van der Waals surface area contributed by atoms with Gasteiger partial charge < -0.3 is 9.32 Å². The van der Waals surface area contributed by atoms with E-state index in [0.29, 0.717) is 30.3 Å². The van der Waals surface area contributed by atoms with Crippen molar-refractivity contribution in [1.82, 2.24) is 14.8 Å². The number of hydrogen-bond donors (Lipinski definition) is 0. The topological polar surface area (TPSA) is 49.6 Å². The van der Waals surface area contributed by atoms with E-state index in [1.165, 1.54) is 16.2 Å². The maximum absolute atomic E-state index is 12.7. The van der Waals surface area contributed by atoms with Crippen LogP contribution in [-0.2, 0) is 0 Å². The second-order valence-electron chi connectivity index (χ2n) is 6.69. The molecule has 0 atom stereocenters. The summed E-state index contributed by atoms with van der Waals surface area (Å²) in [5.41, 5.74) is 0.865. The van der Waals surface area contributed by atoms with Crippen molar-refractivity contribution in [2.75, 3.05) is 32.7 Å². The van der Waals surface area contributed by atoms with E-state index in [0.717, 1.165) is 10.2 Å². The van der Waals surface area contributed by atoms with Crippen molar-refractivity contribution in [3.63, 3.8) is 0 Å². The highest BCUT2D eigenvalue weighted by molar-refractivity contribution is 7.21. The molecule has 4 rings (SSSR count). The van der Waals surface area contributed by atoms with Gasteiger partial charge in [0.15, 0.2) is 16.5 Å². The lowest BCUT2D eigenvalue weighted by Crippen LogP contribution is -2.38. The number of benzene rings is 1. The number of aromatic nitrogens is 1. The smallest absolute Gasteiger partial charge is 0.401 e. The summed E-state index contributed by atoms with van der Waals surface area (Å²) in [6.07, 6.45) is -3.74. The van der Waals surface area contributed by atoms with Crippen LogP contribution >= 0.6 is 11.3 Å². The van der Waals surface area contributed by atoms with E-state index in [-0.39, 0.29) is 24.8 Å². The number of alkyl halides is 3. The zero-order valence-electron chi connectivity index (χ0n) is 14.9. The lowest BCUT2D eigenvalue weighted by Gasteiger charge is -2.22. The molecule has 148 valence electrons. The molecule has 28 heavy (non-hydrogen) atoms. The number of carbonyl (C=O) groups is 1. The van der Waals surface area contributed by atoms with Crippen molar-refractivity contribution in [1.29, 1.82) is 0 Å². The predicted octanol–water partition coefficient (Wildman–Crippen LogP) is 4.27. The number of carbonyl (C=O) groups excluding carboxylic acids is 1. The van der Waals surface area contributed by atoms with Crippen molar-refractivity contribution in [2.45, 2.75) is 12.6 Å². The minimum atomic E-state index is -4.23. The Bertz CT molecular complexity index is 949. The lowest BCUT2D eigenvalue weighted by atomic mass is 10.3. The number of hydrogen-bond acceptors (Lipinski definition) is 5. The van der Waals surface area contributed by atoms with Crippen LogP contribution in [0.15, 0.2) is 40.8 Å². The number of amides is 1. The van der Waals surface area contributed by atoms with Gasteiger partial charge in [-0.25, -0.2) is 4.98 Å². The molecule has 1 aliphatic heterocycles. The fourth-order valence-corrected chi connectivity index (χ4v) is 4.21. The third-order valence-corrected chi connectivity index (χ3v) is 5.65. The van der Waals surface area contributed by atoms with E-state index in [4.69, 9.17) is 4.42 Å². The first-order valence-corrected chi connectivity index (χ1v) is 9.75. The van der Waals surface area contributed by atoms with E-state index in [1.54, 1.807) is 17.0 Å². The molecule has 9 heteroatoms. The minimum Gasteiger partial charge on any atom is -0.448 e. The summed E-state index contributed by atoms with van der Waals surface area (Å²) in [4.78, 5) is 20.1. The molecule has 1 amide bonds. The first-order chi connectivity index (χ1) is 13.4. The fraction of sp³-hybridized carbons (Fsp3) is 0.368. The van der Waals surface area contributed by atoms with E-state index < -0.39 is 12.7 Å². The Hall–Kier alpha value is -2.39. The summed E-state index contributed by atoms with van der Waals surface area (Å²) in [6, 6.07) is 11.0. The molecule has 0 aliphatic carbocycles. The van der Waals surface area contributed by atoms with Gasteiger partial charge in [-0.05, 0) is 30.7 Å². The Kier molecular flexibility index (Phi) is 5.11. The quantitative estimate of drug-likeness (QED) is 0.648. The van der Waals surface area contributed by atoms with E-state index in [1.807, 2.05) is 24.3 Å². The summed E-state index contributed by atoms with van der Waals surface area (Å²) in [6.45, 7) is 0.211. The summed E-state index contributed by atoms with van der Waals surface area (Å²) in [7, 11) is 0. The number of furan rings is 1. The predicted molar refractivity (Wildman–Crippen MR) is 100 cm³/mol. The second-order valence-corrected chi connectivity index (χ2v) is 7.72. The summed E-state index contributed by atoms with van der Waals surface area (Å²) >= 11 is 1.48. The van der Waals surface area contributed by atoms with Gasteiger partial charge in [0, 0.05) is 26.2 Å². The lowest BCUT2D eigenvalue weighted by molar-refractivity contribution is -0.145. The molecule has 0 spiro atoms. The normalized spacial score (nSPS) is 16.5. The van der Waals surface area contributed by atoms with Crippen LogP contribution in [0.5, 0.6) is 0 Å². The SMILES string of the molecule is O=C(c1ccc(-c2nc3ccccc3s2)o1)N1CCCN(CC(F)(F)F)CC1. The Morgan fingerprint density at radius 2 is 1.93 bits per heavy atom. The highest BCUT2D eigenvalue weighted by Gasteiger charge is 2.32. The van der Waals surface area contributed by atoms with Gasteiger partial charge in [-0.1, -0.05) is 12.1 Å². The standard InChI is InChI=1S/C19H18F3N3O2S/c20-19(21,22)12-24-8-3-9-25(11-10-24)18(26)15-7-6-14(27-15)17-23-13-4-1-2-5-16(13)28-17/h1-2,4-7H,3,8-12H2. The zero-order valence-corrected chi connectivity index (χ0v) is 15.7. The highest BCUT2D eigenvalue weighted by Crippen LogP contribution is 2.31. The van der Waals surface area contributed by atoms with Gasteiger partial charge in [-0.3, -0.25) is 9.69 Å². The maximum Gasteiger partial charge on any atom is 0.401 e. The number of nitrogens with zero attached hydrogens (tertiary/aromatic N) is 3. The number of para-hydroxylation sites is 1. The highest BCUT2D eigenvalue weighted by atomic mass is 32.1. The molecule has 2 aromatic heterocycles. The van der Waals surface area contributed by atoms with Gasteiger partial charge in [-0.2, -0.15) is 13.2 Å². The fourth-order valence-electron chi connectivity index (χ4n) is 3.29. The van der Waals surface area contributed by atoms with Crippen LogP contribution in [0.1, 0.15) is 17.0 Å². The molecule has 0 saturated carbocycles. The van der Waals surface area contributed by atoms with E-state index in [2.05, 4.69) is 4.98 Å². The van der Waals surface area contributed by atoms with Crippen molar-refractivity contribution < 1.29 is 22.4 Å². The molecule has 3 aromatic rings. The Morgan fingerprint density at radius 3 is 2.71 bits per heavy atom. The average Bonchev–Trinajstić information content (AvgIpc) is 3.23. The molecule has 0 bridgehead atoms. The Balaban J connectivity index is 1.45. The number of thiazole rings is 1. The molecule has 0 radical (unpaired) electrons. The molecule has 0 unspecified atom stereocenters. The monoisotopic (exact) mass is 409 g/mol. The first-order valence-electron chi connectivity index (χ1n) is 8.93. The molecule has 1 fully saturated rings. The van der Waals surface area contributed by atoms with E-state index >= 15 is 0 Å². The molecule has 0 N–H and O–H groups in total. The van der Waals surface area contributed by atoms with Gasteiger partial charge in [-0.15, -0.1) is 11.3 Å².